The predicted molar refractivity (Wildman–Crippen MR) is 140 cm³/mol. The fraction of sp³-hybridized carbons (Fsp3) is 0.286. The quantitative estimate of drug-likeness (QED) is 0.165. The van der Waals surface area contributed by atoms with Crippen LogP contribution in [0.3, 0.4) is 0 Å². The van der Waals surface area contributed by atoms with E-state index in [1.807, 2.05) is 0 Å². The van der Waals surface area contributed by atoms with Gasteiger partial charge in [-0.25, -0.2) is 5.70 Å². The zero-order valence-electron chi connectivity index (χ0n) is 15.7. The number of hydrogen-bond donors (Lipinski definition) is 0. The first-order valence-corrected chi connectivity index (χ1v) is 15.4. The molecule has 136 valence electrons. The summed E-state index contributed by atoms with van der Waals surface area (Å²) in [5, 5.41) is 2.06. The average molecular weight is 714 g/mol. The van der Waals surface area contributed by atoms with Crippen LogP contribution >= 0.6 is 77.0 Å². The number of hydrogen-bond acceptors (Lipinski definition) is 0. The molecule has 0 heterocycles. The van der Waals surface area contributed by atoms with Gasteiger partial charge in [-0.1, -0.05) is 57.2 Å². The Morgan fingerprint density at radius 1 is 1.00 bits per heavy atom. The normalized spacial score (nSPS) is 15.3. The van der Waals surface area contributed by atoms with Crippen LogP contribution in [-0.4, -0.2) is 8.07 Å². The van der Waals surface area contributed by atoms with Gasteiger partial charge in [0.15, 0.2) is 0 Å². The first-order chi connectivity index (χ1) is 11.9. The standard InChI is InChI=1S/C21H20Br2I2Si/c1-12-16(13(2)21(25)14(3)20(12)24)11-17-18(22)9-15(10-19(17)23)7-8-26(4,5)6/h9-10H,1-6H3. The average Bonchev–Trinajstić information content (AvgIpc) is 2.54. The van der Waals surface area contributed by atoms with Gasteiger partial charge >= 0.3 is 0 Å². The van der Waals surface area contributed by atoms with Gasteiger partial charge in [0.2, 0.25) is 0 Å². The van der Waals surface area contributed by atoms with E-state index in [-0.39, 0.29) is 0 Å². The highest BCUT2D eigenvalue weighted by Crippen LogP contribution is 2.44. The number of benzene rings is 1. The van der Waals surface area contributed by atoms with Gasteiger partial charge in [0.05, 0.1) is 17.1 Å². The summed E-state index contributed by atoms with van der Waals surface area (Å²) in [4.78, 5) is 0. The fourth-order valence-corrected chi connectivity index (χ4v) is 6.00. The second-order valence-corrected chi connectivity index (χ2v) is 15.9. The Morgan fingerprint density at radius 3 is 1.88 bits per heavy atom. The van der Waals surface area contributed by atoms with Gasteiger partial charge in [0, 0.05) is 34.9 Å². The van der Waals surface area contributed by atoms with Crippen LogP contribution in [-0.2, 0) is 0 Å². The van der Waals surface area contributed by atoms with Crippen molar-refractivity contribution < 1.29 is 0 Å². The van der Waals surface area contributed by atoms with Gasteiger partial charge in [-0.15, -0.1) is 17.4 Å². The van der Waals surface area contributed by atoms with Gasteiger partial charge in [-0.05, 0) is 53.3 Å². The van der Waals surface area contributed by atoms with E-state index in [4.69, 9.17) is 0 Å². The van der Waals surface area contributed by atoms with Crippen molar-refractivity contribution in [1.29, 1.82) is 0 Å². The molecular weight excluding hydrogens is 694 g/mol. The molecule has 0 spiro atoms. The van der Waals surface area contributed by atoms with Crippen LogP contribution in [0, 0.1) is 11.6 Å². The maximum absolute atomic E-state index is 3.72. The molecule has 0 atom stereocenters. The Hall–Kier alpha value is 0.507. The van der Waals surface area contributed by atoms with Crippen molar-refractivity contribution in [2.75, 3.05) is 0 Å². The van der Waals surface area contributed by atoms with E-state index in [1.54, 1.807) is 0 Å². The molecule has 0 amide bonds. The Morgan fingerprint density at radius 2 is 1.46 bits per heavy atom. The maximum atomic E-state index is 3.72. The lowest BCUT2D eigenvalue weighted by Crippen LogP contribution is -2.17. The number of rotatable bonds is 1. The summed E-state index contributed by atoms with van der Waals surface area (Å²) in [5.41, 5.74) is 14.1. The summed E-state index contributed by atoms with van der Waals surface area (Å²) in [6.45, 7) is 13.3. The van der Waals surface area contributed by atoms with Crippen molar-refractivity contribution in [3.05, 3.63) is 67.0 Å². The molecule has 5 heteroatoms. The van der Waals surface area contributed by atoms with E-state index in [0.717, 1.165) is 19.4 Å². The van der Waals surface area contributed by atoms with Gasteiger partial charge in [-0.3, -0.25) is 0 Å². The van der Waals surface area contributed by atoms with Crippen LogP contribution in [0.1, 0.15) is 20.8 Å². The van der Waals surface area contributed by atoms with Crippen molar-refractivity contribution in [2.24, 2.45) is 0 Å². The molecule has 0 N–H and O–H groups in total. The van der Waals surface area contributed by atoms with E-state index in [1.165, 1.54) is 29.8 Å². The smallest absolute Gasteiger partial charge is 0.134 e. The third-order valence-electron chi connectivity index (χ3n) is 3.94. The van der Waals surface area contributed by atoms with Crippen LogP contribution in [0.5, 0.6) is 0 Å². The molecule has 1 aromatic rings. The lowest BCUT2D eigenvalue weighted by atomic mass is 9.89. The summed E-state index contributed by atoms with van der Waals surface area (Å²) in [6, 6.07) is 4.18. The van der Waals surface area contributed by atoms with Crippen LogP contribution in [0.15, 0.2) is 45.0 Å². The molecular formula is C21H20Br2I2Si. The zero-order chi connectivity index (χ0) is 19.8. The van der Waals surface area contributed by atoms with Crippen molar-refractivity contribution in [3.8, 4) is 0 Å². The summed E-state index contributed by atoms with van der Waals surface area (Å²) in [7, 11) is -1.39. The molecule has 0 fully saturated rings. The fourth-order valence-electron chi connectivity index (χ4n) is 2.50. The minimum Gasteiger partial charge on any atom is -0.326 e. The second-order valence-electron chi connectivity index (χ2n) is 7.32. The van der Waals surface area contributed by atoms with Crippen molar-refractivity contribution in [3.63, 3.8) is 0 Å². The Kier molecular flexibility index (Phi) is 7.79. The van der Waals surface area contributed by atoms with Crippen LogP contribution < -0.4 is 10.4 Å². The molecule has 0 aliphatic heterocycles. The second kappa shape index (κ2) is 8.89. The monoisotopic (exact) mass is 712 g/mol. The molecule has 1 aliphatic carbocycles. The molecule has 0 radical (unpaired) electrons. The first kappa shape index (κ1) is 22.8. The lowest BCUT2D eigenvalue weighted by Gasteiger charge is -2.15. The SMILES string of the molecule is CC1=C(I)[C+](C)C(I)=C(C)C1=C=c1c(Br)cc(=C=[C-][Si](C)(C)C)cc1Br. The van der Waals surface area contributed by atoms with E-state index < -0.39 is 8.07 Å². The summed E-state index contributed by atoms with van der Waals surface area (Å²) in [6.07, 6.45) is 0. The largest absolute Gasteiger partial charge is 0.326 e. The van der Waals surface area contributed by atoms with Crippen molar-refractivity contribution in [1.82, 2.24) is 0 Å². The van der Waals surface area contributed by atoms with Crippen LogP contribution in [0.2, 0.25) is 19.6 Å². The van der Waals surface area contributed by atoms with Crippen molar-refractivity contribution >= 4 is 96.6 Å². The predicted octanol–water partition coefficient (Wildman–Crippen LogP) is 7.16. The topological polar surface area (TPSA) is 0 Å². The minimum absolute atomic E-state index is 1.01. The van der Waals surface area contributed by atoms with E-state index in [2.05, 4.69) is 147 Å². The summed E-state index contributed by atoms with van der Waals surface area (Å²) < 4.78 is 4.64. The Bertz CT molecular complexity index is 956. The summed E-state index contributed by atoms with van der Waals surface area (Å²) in [5.74, 6) is 1.35. The van der Waals surface area contributed by atoms with Gasteiger partial charge < -0.3 is 5.73 Å². The maximum Gasteiger partial charge on any atom is 0.134 e. The molecule has 26 heavy (non-hydrogen) atoms. The molecule has 2 rings (SSSR count). The van der Waals surface area contributed by atoms with Crippen LogP contribution in [0.25, 0.3) is 11.5 Å². The van der Waals surface area contributed by atoms with E-state index >= 15 is 0 Å². The van der Waals surface area contributed by atoms with Gasteiger partial charge in [0.1, 0.15) is 12.7 Å². The highest BCUT2D eigenvalue weighted by molar-refractivity contribution is 14.1. The van der Waals surface area contributed by atoms with Gasteiger partial charge in [0.25, 0.3) is 0 Å². The highest BCUT2D eigenvalue weighted by Gasteiger charge is 2.32. The zero-order valence-corrected chi connectivity index (χ0v) is 24.2. The van der Waals surface area contributed by atoms with Crippen molar-refractivity contribution in [2.45, 2.75) is 40.4 Å². The van der Waals surface area contributed by atoms with E-state index in [9.17, 15) is 0 Å². The third kappa shape index (κ3) is 5.31. The number of halogens is 4. The molecule has 1 aromatic carbocycles. The Balaban J connectivity index is 2.85. The highest BCUT2D eigenvalue weighted by atomic mass is 127. The van der Waals surface area contributed by atoms with Crippen LogP contribution in [0.4, 0.5) is 0 Å². The molecule has 0 saturated carbocycles. The van der Waals surface area contributed by atoms with Gasteiger partial charge in [-0.2, -0.15) is 0 Å². The molecule has 0 saturated heterocycles. The molecule has 1 aliphatic rings. The Labute approximate surface area is 201 Å². The minimum atomic E-state index is -1.39. The third-order valence-corrected chi connectivity index (χ3v) is 9.30. The first-order valence-electron chi connectivity index (χ1n) is 8.16. The molecule has 0 nitrogen and oxygen atoms in total. The summed E-state index contributed by atoms with van der Waals surface area (Å²) >= 11 is 12.3. The van der Waals surface area contributed by atoms with E-state index in [0.29, 0.717) is 0 Å². The number of allylic oxidation sites excluding steroid dienone is 5. The molecule has 0 bridgehead atoms. The lowest BCUT2D eigenvalue weighted by molar-refractivity contribution is 1.17. The molecule has 0 aromatic heterocycles. The molecule has 0 unspecified atom stereocenters.